The van der Waals surface area contributed by atoms with E-state index < -0.39 is 17.7 Å². The highest BCUT2D eigenvalue weighted by atomic mass is 19.1. The number of ether oxygens (including phenoxy) is 2. The van der Waals surface area contributed by atoms with Gasteiger partial charge in [-0.05, 0) is 49.2 Å². The number of hydrogen-bond acceptors (Lipinski definition) is 4. The molecule has 0 spiro atoms. The zero-order valence-electron chi connectivity index (χ0n) is 16.7. The van der Waals surface area contributed by atoms with Gasteiger partial charge in [0.15, 0.2) is 0 Å². The van der Waals surface area contributed by atoms with Crippen molar-refractivity contribution in [1.82, 2.24) is 4.90 Å². The molecule has 0 saturated carbocycles. The van der Waals surface area contributed by atoms with Gasteiger partial charge >= 0.3 is 0 Å². The Morgan fingerprint density at radius 2 is 1.71 bits per heavy atom. The summed E-state index contributed by atoms with van der Waals surface area (Å²) in [5, 5.41) is 10.4. The van der Waals surface area contributed by atoms with Crippen LogP contribution in [0.1, 0.15) is 25.8 Å². The van der Waals surface area contributed by atoms with Gasteiger partial charge in [0.25, 0.3) is 0 Å². The summed E-state index contributed by atoms with van der Waals surface area (Å²) in [6.07, 6.45) is 0.173. The van der Waals surface area contributed by atoms with Crippen molar-refractivity contribution in [3.05, 3.63) is 59.7 Å². The molecule has 0 aliphatic carbocycles. The molecule has 28 heavy (non-hydrogen) atoms. The van der Waals surface area contributed by atoms with Gasteiger partial charge < -0.3 is 14.6 Å². The second kappa shape index (κ2) is 11.0. The Morgan fingerprint density at radius 3 is 2.32 bits per heavy atom. The quantitative estimate of drug-likeness (QED) is 0.619. The van der Waals surface area contributed by atoms with E-state index in [4.69, 9.17) is 9.47 Å². The molecule has 0 radical (unpaired) electrons. The second-order valence-corrected chi connectivity index (χ2v) is 7.29. The SMILES string of the molecule is COc1ccc(OC[C@H](O)CN(CCC(C)C)Cc2ccc(F)cc2F)cc1. The lowest BCUT2D eigenvalue weighted by atomic mass is 10.1. The van der Waals surface area contributed by atoms with Crippen molar-refractivity contribution in [2.45, 2.75) is 32.9 Å². The minimum absolute atomic E-state index is 0.121. The molecule has 2 aromatic rings. The zero-order chi connectivity index (χ0) is 20.5. The summed E-state index contributed by atoms with van der Waals surface area (Å²) in [6, 6.07) is 10.7. The van der Waals surface area contributed by atoms with E-state index in [2.05, 4.69) is 13.8 Å². The summed E-state index contributed by atoms with van der Waals surface area (Å²) in [5.41, 5.74) is 0.411. The molecule has 0 heterocycles. The molecule has 0 amide bonds. The van der Waals surface area contributed by atoms with E-state index in [0.29, 0.717) is 36.9 Å². The Hall–Kier alpha value is -2.18. The zero-order valence-corrected chi connectivity index (χ0v) is 16.7. The van der Waals surface area contributed by atoms with Crippen LogP contribution in [0.2, 0.25) is 0 Å². The molecule has 1 N–H and O–H groups in total. The van der Waals surface area contributed by atoms with Crippen LogP contribution in [-0.2, 0) is 6.54 Å². The van der Waals surface area contributed by atoms with Gasteiger partial charge in [0, 0.05) is 24.7 Å². The first-order chi connectivity index (χ1) is 13.4. The molecule has 0 aliphatic rings. The highest BCUT2D eigenvalue weighted by molar-refractivity contribution is 5.31. The molecule has 1 atom stereocenters. The Kier molecular flexibility index (Phi) is 8.67. The Labute approximate surface area is 165 Å². The van der Waals surface area contributed by atoms with Gasteiger partial charge in [0.2, 0.25) is 0 Å². The maximum atomic E-state index is 14.0. The minimum Gasteiger partial charge on any atom is -0.497 e. The maximum Gasteiger partial charge on any atom is 0.130 e. The number of aliphatic hydroxyl groups is 1. The Bertz CT molecular complexity index is 722. The Balaban J connectivity index is 1.93. The molecular formula is C22H29F2NO3. The van der Waals surface area contributed by atoms with Crippen molar-refractivity contribution in [3.63, 3.8) is 0 Å². The van der Waals surface area contributed by atoms with E-state index in [0.717, 1.165) is 18.2 Å². The first-order valence-electron chi connectivity index (χ1n) is 9.48. The van der Waals surface area contributed by atoms with E-state index >= 15 is 0 Å². The first-order valence-corrected chi connectivity index (χ1v) is 9.48. The predicted molar refractivity (Wildman–Crippen MR) is 106 cm³/mol. The molecule has 2 aromatic carbocycles. The standard InChI is InChI=1S/C22H29F2NO3/c1-16(2)10-11-25(13-17-4-5-18(23)12-22(17)24)14-19(26)15-28-21-8-6-20(27-3)7-9-21/h4-9,12,16,19,26H,10-11,13-15H2,1-3H3/t19-/m1/s1. The summed E-state index contributed by atoms with van der Waals surface area (Å²) in [6.45, 7) is 5.68. The third kappa shape index (κ3) is 7.44. The number of nitrogens with zero attached hydrogens (tertiary/aromatic N) is 1. The third-order valence-corrected chi connectivity index (χ3v) is 4.40. The lowest BCUT2D eigenvalue weighted by Crippen LogP contribution is -2.36. The van der Waals surface area contributed by atoms with Crippen molar-refractivity contribution in [2.24, 2.45) is 5.92 Å². The van der Waals surface area contributed by atoms with Crippen LogP contribution in [0.4, 0.5) is 8.78 Å². The fourth-order valence-corrected chi connectivity index (χ4v) is 2.78. The van der Waals surface area contributed by atoms with Crippen molar-refractivity contribution in [3.8, 4) is 11.5 Å². The monoisotopic (exact) mass is 393 g/mol. The number of benzene rings is 2. The number of hydrogen-bond donors (Lipinski definition) is 1. The predicted octanol–water partition coefficient (Wildman–Crippen LogP) is 4.26. The highest BCUT2D eigenvalue weighted by Crippen LogP contribution is 2.18. The smallest absolute Gasteiger partial charge is 0.130 e. The van der Waals surface area contributed by atoms with Gasteiger partial charge in [-0.2, -0.15) is 0 Å². The van der Waals surface area contributed by atoms with Gasteiger partial charge in [-0.25, -0.2) is 8.78 Å². The van der Waals surface area contributed by atoms with Crippen molar-refractivity contribution < 1.29 is 23.4 Å². The van der Waals surface area contributed by atoms with Gasteiger partial charge in [0.1, 0.15) is 35.8 Å². The van der Waals surface area contributed by atoms with Crippen LogP contribution < -0.4 is 9.47 Å². The van der Waals surface area contributed by atoms with E-state index in [1.165, 1.54) is 12.1 Å². The lowest BCUT2D eigenvalue weighted by molar-refractivity contribution is 0.0635. The average Bonchev–Trinajstić information content (AvgIpc) is 2.67. The van der Waals surface area contributed by atoms with E-state index in [-0.39, 0.29) is 6.61 Å². The molecule has 0 bridgehead atoms. The summed E-state index contributed by atoms with van der Waals surface area (Å²) in [5.74, 6) is 0.682. The molecule has 6 heteroatoms. The first kappa shape index (κ1) is 22.1. The van der Waals surface area contributed by atoms with E-state index in [9.17, 15) is 13.9 Å². The molecule has 0 saturated heterocycles. The van der Waals surface area contributed by atoms with Crippen LogP contribution in [0.3, 0.4) is 0 Å². The highest BCUT2D eigenvalue weighted by Gasteiger charge is 2.16. The number of aliphatic hydroxyl groups excluding tert-OH is 1. The van der Waals surface area contributed by atoms with Gasteiger partial charge in [-0.1, -0.05) is 19.9 Å². The number of halogens is 2. The van der Waals surface area contributed by atoms with Gasteiger partial charge in [-0.15, -0.1) is 0 Å². The summed E-state index contributed by atoms with van der Waals surface area (Å²) < 4.78 is 37.9. The van der Waals surface area contributed by atoms with Crippen LogP contribution in [0.15, 0.2) is 42.5 Å². The van der Waals surface area contributed by atoms with Crippen LogP contribution in [0.25, 0.3) is 0 Å². The fourth-order valence-electron chi connectivity index (χ4n) is 2.78. The molecule has 0 unspecified atom stereocenters. The molecule has 154 valence electrons. The summed E-state index contributed by atoms with van der Waals surface area (Å²) in [4.78, 5) is 1.97. The normalized spacial score (nSPS) is 12.4. The van der Waals surface area contributed by atoms with Crippen LogP contribution in [0.5, 0.6) is 11.5 Å². The van der Waals surface area contributed by atoms with Crippen molar-refractivity contribution >= 4 is 0 Å². The van der Waals surface area contributed by atoms with Gasteiger partial charge in [0.05, 0.1) is 7.11 Å². The van der Waals surface area contributed by atoms with Crippen molar-refractivity contribution in [2.75, 3.05) is 26.8 Å². The second-order valence-electron chi connectivity index (χ2n) is 7.29. The molecule has 2 rings (SSSR count). The average molecular weight is 393 g/mol. The largest absolute Gasteiger partial charge is 0.497 e. The lowest BCUT2D eigenvalue weighted by Gasteiger charge is -2.26. The number of rotatable bonds is 11. The third-order valence-electron chi connectivity index (χ3n) is 4.40. The van der Waals surface area contributed by atoms with Crippen LogP contribution in [-0.4, -0.2) is 42.9 Å². The summed E-state index contributed by atoms with van der Waals surface area (Å²) in [7, 11) is 1.59. The minimum atomic E-state index is -0.738. The molecule has 0 aromatic heterocycles. The molecule has 4 nitrogen and oxygen atoms in total. The summed E-state index contributed by atoms with van der Waals surface area (Å²) >= 11 is 0. The van der Waals surface area contributed by atoms with E-state index in [1.54, 1.807) is 31.4 Å². The van der Waals surface area contributed by atoms with Crippen LogP contribution >= 0.6 is 0 Å². The molecule has 0 fully saturated rings. The van der Waals surface area contributed by atoms with E-state index in [1.807, 2.05) is 4.90 Å². The van der Waals surface area contributed by atoms with Crippen LogP contribution in [0, 0.1) is 17.6 Å². The Morgan fingerprint density at radius 1 is 1.04 bits per heavy atom. The topological polar surface area (TPSA) is 41.9 Å². The number of methoxy groups -OCH3 is 1. The van der Waals surface area contributed by atoms with Crippen molar-refractivity contribution in [1.29, 1.82) is 0 Å². The van der Waals surface area contributed by atoms with Gasteiger partial charge in [-0.3, -0.25) is 4.90 Å². The fraction of sp³-hybridized carbons (Fsp3) is 0.455. The maximum absolute atomic E-state index is 14.0. The molecular weight excluding hydrogens is 364 g/mol. The molecule has 0 aliphatic heterocycles.